The van der Waals surface area contributed by atoms with Gasteiger partial charge in [-0.2, -0.15) is 0 Å². The van der Waals surface area contributed by atoms with Gasteiger partial charge in [-0.15, -0.1) is 10.2 Å². The largest absolute Gasteiger partial charge is 0.469 e. The van der Waals surface area contributed by atoms with Gasteiger partial charge in [0, 0.05) is 24.2 Å². The number of hydrogen-bond acceptors (Lipinski definition) is 7. The highest BCUT2D eigenvalue weighted by molar-refractivity contribution is 7.99. The van der Waals surface area contributed by atoms with E-state index < -0.39 is 4.92 Å². The highest BCUT2D eigenvalue weighted by atomic mass is 32.2. The Morgan fingerprint density at radius 3 is 2.53 bits per heavy atom. The van der Waals surface area contributed by atoms with Crippen LogP contribution in [0.25, 0.3) is 11.4 Å². The molecule has 0 spiro atoms. The lowest BCUT2D eigenvalue weighted by atomic mass is 10.0. The van der Waals surface area contributed by atoms with Crippen LogP contribution in [0, 0.1) is 17.0 Å². The fourth-order valence-corrected chi connectivity index (χ4v) is 3.87. The Hall–Kier alpha value is -3.72. The molecule has 0 saturated carbocycles. The van der Waals surface area contributed by atoms with E-state index in [1.54, 1.807) is 66.4 Å². The van der Waals surface area contributed by atoms with Gasteiger partial charge in [0.05, 0.1) is 21.6 Å². The molecule has 2 aromatic carbocycles. The highest BCUT2D eigenvalue weighted by Crippen LogP contribution is 2.36. The van der Waals surface area contributed by atoms with E-state index in [2.05, 4.69) is 10.2 Å². The fraction of sp³-hybridized carbons (Fsp3) is 0.0952. The average Bonchev–Trinajstić information content (AvgIpc) is 3.33. The van der Waals surface area contributed by atoms with Gasteiger partial charge in [0.2, 0.25) is 0 Å². The van der Waals surface area contributed by atoms with Crippen LogP contribution in [0.5, 0.6) is 0 Å². The molecule has 150 valence electrons. The van der Waals surface area contributed by atoms with Crippen molar-refractivity contribution >= 4 is 23.2 Å². The molecule has 0 saturated heterocycles. The summed E-state index contributed by atoms with van der Waals surface area (Å²) in [6, 6.07) is 14.9. The smallest absolute Gasteiger partial charge is 0.284 e. The number of nitrogens with zero attached hydrogens (tertiary/aromatic N) is 4. The molecule has 4 rings (SSSR count). The normalized spacial score (nSPS) is 10.9. The summed E-state index contributed by atoms with van der Waals surface area (Å²) in [5.41, 5.74) is 1.37. The van der Waals surface area contributed by atoms with Crippen molar-refractivity contribution in [3.63, 3.8) is 0 Å². The number of carbonyl (C=O) groups is 1. The minimum absolute atomic E-state index is 0.161. The van der Waals surface area contributed by atoms with E-state index in [-0.39, 0.29) is 17.0 Å². The number of ketones is 1. The average molecular weight is 420 g/mol. The quantitative estimate of drug-likeness (QED) is 0.253. The summed E-state index contributed by atoms with van der Waals surface area (Å²) in [6.07, 6.45) is 1.57. The van der Waals surface area contributed by atoms with Crippen LogP contribution in [0.3, 0.4) is 0 Å². The lowest BCUT2D eigenvalue weighted by molar-refractivity contribution is -0.387. The van der Waals surface area contributed by atoms with Gasteiger partial charge in [-0.1, -0.05) is 30.3 Å². The summed E-state index contributed by atoms with van der Waals surface area (Å²) in [4.78, 5) is 24.2. The van der Waals surface area contributed by atoms with Crippen LogP contribution in [0.4, 0.5) is 5.69 Å². The summed E-state index contributed by atoms with van der Waals surface area (Å²) in [5.74, 6) is 1.03. The molecule has 0 aliphatic rings. The van der Waals surface area contributed by atoms with E-state index in [1.165, 1.54) is 6.07 Å². The molecule has 8 nitrogen and oxygen atoms in total. The maximum absolute atomic E-state index is 12.6. The van der Waals surface area contributed by atoms with Gasteiger partial charge in [0.1, 0.15) is 5.76 Å². The Morgan fingerprint density at radius 1 is 1.10 bits per heavy atom. The molecular formula is C21H16N4O4S. The van der Waals surface area contributed by atoms with E-state index in [1.807, 2.05) is 6.92 Å². The monoisotopic (exact) mass is 420 g/mol. The minimum Gasteiger partial charge on any atom is -0.469 e. The number of carbonyl (C=O) groups excluding carboxylic acids is 1. The molecule has 0 aliphatic heterocycles. The lowest BCUT2D eigenvalue weighted by Crippen LogP contribution is -2.03. The van der Waals surface area contributed by atoms with Crippen LogP contribution in [-0.4, -0.2) is 25.5 Å². The van der Waals surface area contributed by atoms with Gasteiger partial charge in [0.15, 0.2) is 16.8 Å². The van der Waals surface area contributed by atoms with Crippen LogP contribution >= 0.6 is 11.8 Å². The van der Waals surface area contributed by atoms with Crippen LogP contribution in [0.2, 0.25) is 0 Å². The number of rotatable bonds is 6. The molecule has 4 aromatic rings. The second-order valence-corrected chi connectivity index (χ2v) is 7.50. The molecule has 2 heterocycles. The summed E-state index contributed by atoms with van der Waals surface area (Å²) < 4.78 is 7.06. The lowest BCUT2D eigenvalue weighted by Gasteiger charge is -2.06. The molecule has 0 fully saturated rings. The van der Waals surface area contributed by atoms with E-state index >= 15 is 0 Å². The number of nitro groups is 1. The number of hydrogen-bond donors (Lipinski definition) is 0. The van der Waals surface area contributed by atoms with Crippen molar-refractivity contribution < 1.29 is 14.1 Å². The first-order valence-electron chi connectivity index (χ1n) is 8.95. The van der Waals surface area contributed by atoms with E-state index in [9.17, 15) is 14.9 Å². The first kappa shape index (κ1) is 19.6. The van der Waals surface area contributed by atoms with Gasteiger partial charge >= 0.3 is 0 Å². The third-order valence-corrected chi connectivity index (χ3v) is 5.69. The van der Waals surface area contributed by atoms with Gasteiger partial charge in [-0.05, 0) is 36.9 Å². The second kappa shape index (κ2) is 7.96. The van der Waals surface area contributed by atoms with Crippen LogP contribution in [-0.2, 0) is 7.05 Å². The third-order valence-electron chi connectivity index (χ3n) is 4.59. The fourth-order valence-electron chi connectivity index (χ4n) is 3.00. The number of benzene rings is 2. The predicted molar refractivity (Wildman–Crippen MR) is 111 cm³/mol. The van der Waals surface area contributed by atoms with E-state index in [0.717, 1.165) is 17.3 Å². The molecule has 0 atom stereocenters. The van der Waals surface area contributed by atoms with Gasteiger partial charge in [-0.3, -0.25) is 14.9 Å². The van der Waals surface area contributed by atoms with Crippen molar-refractivity contribution in [2.45, 2.75) is 17.0 Å². The van der Waals surface area contributed by atoms with Crippen molar-refractivity contribution in [1.29, 1.82) is 0 Å². The molecular weight excluding hydrogens is 404 g/mol. The van der Waals surface area contributed by atoms with Crippen molar-refractivity contribution in [3.8, 4) is 11.4 Å². The standard InChI is InChI=1S/C21H16N4O4S/c1-13-16(10-11-29-13)20-22-23-21(24(20)2)30-18-9-8-15(12-17(18)25(27)28)19(26)14-6-4-3-5-7-14/h3-12H,1-2H3. The van der Waals surface area contributed by atoms with Gasteiger partial charge < -0.3 is 8.98 Å². The van der Waals surface area contributed by atoms with Gasteiger partial charge in [0.25, 0.3) is 5.69 Å². The molecule has 30 heavy (non-hydrogen) atoms. The third kappa shape index (κ3) is 3.62. The Bertz CT molecular complexity index is 1250. The van der Waals surface area contributed by atoms with Crippen LogP contribution in [0.1, 0.15) is 21.7 Å². The number of nitro benzene ring substituents is 1. The van der Waals surface area contributed by atoms with E-state index in [4.69, 9.17) is 4.42 Å². The summed E-state index contributed by atoms with van der Waals surface area (Å²) >= 11 is 1.12. The van der Waals surface area contributed by atoms with Crippen molar-refractivity contribution in [2.24, 2.45) is 7.05 Å². The molecule has 0 unspecified atom stereocenters. The SMILES string of the molecule is Cc1occc1-c1nnc(Sc2ccc(C(=O)c3ccccc3)cc2[N+](=O)[O-])n1C. The Balaban J connectivity index is 1.67. The Labute approximate surface area is 175 Å². The summed E-state index contributed by atoms with van der Waals surface area (Å²) in [5, 5.41) is 20.5. The summed E-state index contributed by atoms with van der Waals surface area (Å²) in [7, 11) is 1.78. The number of aryl methyl sites for hydroxylation is 1. The topological polar surface area (TPSA) is 104 Å². The van der Waals surface area contributed by atoms with Crippen LogP contribution < -0.4 is 0 Å². The summed E-state index contributed by atoms with van der Waals surface area (Å²) in [6.45, 7) is 1.82. The van der Waals surface area contributed by atoms with Crippen molar-refractivity contribution in [1.82, 2.24) is 14.8 Å². The van der Waals surface area contributed by atoms with E-state index in [0.29, 0.717) is 27.2 Å². The molecule has 9 heteroatoms. The Morgan fingerprint density at radius 2 is 1.87 bits per heavy atom. The number of aromatic nitrogens is 3. The number of furan rings is 1. The zero-order valence-electron chi connectivity index (χ0n) is 16.1. The van der Waals surface area contributed by atoms with Gasteiger partial charge in [-0.25, -0.2) is 0 Å². The minimum atomic E-state index is -0.498. The molecule has 0 bridgehead atoms. The first-order valence-corrected chi connectivity index (χ1v) is 9.77. The van der Waals surface area contributed by atoms with Crippen LogP contribution in [0.15, 0.2) is 75.3 Å². The maximum atomic E-state index is 12.6. The molecule has 0 radical (unpaired) electrons. The first-order chi connectivity index (χ1) is 14.5. The molecule has 0 N–H and O–H groups in total. The second-order valence-electron chi connectivity index (χ2n) is 6.49. The maximum Gasteiger partial charge on any atom is 0.284 e. The zero-order chi connectivity index (χ0) is 21.3. The zero-order valence-corrected chi connectivity index (χ0v) is 16.9. The molecule has 2 aromatic heterocycles. The molecule has 0 amide bonds. The Kier molecular flexibility index (Phi) is 5.20. The molecule has 0 aliphatic carbocycles. The van der Waals surface area contributed by atoms with Crippen molar-refractivity contribution in [2.75, 3.05) is 0 Å². The highest BCUT2D eigenvalue weighted by Gasteiger charge is 2.22. The van der Waals surface area contributed by atoms with Crippen molar-refractivity contribution in [3.05, 3.63) is 87.9 Å². The predicted octanol–water partition coefficient (Wildman–Crippen LogP) is 4.67.